The highest BCUT2D eigenvalue weighted by Gasteiger charge is 2.70. The van der Waals surface area contributed by atoms with Gasteiger partial charge in [0, 0.05) is 6.42 Å². The predicted molar refractivity (Wildman–Crippen MR) is 69.4 cm³/mol. The van der Waals surface area contributed by atoms with Crippen LogP contribution in [0, 0.1) is 0 Å². The van der Waals surface area contributed by atoms with Crippen LogP contribution < -0.4 is 5.73 Å². The van der Waals surface area contributed by atoms with Crippen molar-refractivity contribution in [3.05, 3.63) is 0 Å². The molecular formula is C12H25NO3Si. The number of hydrogen-bond acceptors (Lipinski definition) is 4. The van der Waals surface area contributed by atoms with Gasteiger partial charge in [0.25, 0.3) is 0 Å². The Morgan fingerprint density at radius 2 is 2.06 bits per heavy atom. The number of aliphatic hydroxyl groups is 1. The van der Waals surface area contributed by atoms with Crippen molar-refractivity contribution in [3.8, 4) is 0 Å². The molecule has 0 bridgehead atoms. The van der Waals surface area contributed by atoms with Crippen molar-refractivity contribution in [2.24, 2.45) is 5.73 Å². The molecule has 17 heavy (non-hydrogen) atoms. The van der Waals surface area contributed by atoms with Crippen molar-refractivity contribution in [2.45, 2.75) is 69.2 Å². The summed E-state index contributed by atoms with van der Waals surface area (Å²) in [6.07, 6.45) is 0.735. The topological polar surface area (TPSA) is 64.7 Å². The second kappa shape index (κ2) is 3.77. The first-order valence-corrected chi connectivity index (χ1v) is 9.27. The highest BCUT2D eigenvalue weighted by Crippen LogP contribution is 2.55. The molecule has 1 aliphatic carbocycles. The Bertz CT molecular complexity index is 315. The Hall–Kier alpha value is 0.0569. The van der Waals surface area contributed by atoms with Gasteiger partial charge in [0.05, 0.1) is 24.9 Å². The molecule has 0 amide bonds. The standard InChI is InChI=1S/C12H25NO3Si/c1-11(2,3)17(4,5)16-12-6-9(12)15-8(7-14)10(12)13/h8-10,14H,6-7,13H2,1-5H3/t8-,9+,10-,12?/m1/s1. The number of fused-ring (bicyclic) bond motifs is 1. The van der Waals surface area contributed by atoms with E-state index in [-0.39, 0.29) is 35.5 Å². The average Bonchev–Trinajstić information content (AvgIpc) is 2.79. The first-order chi connectivity index (χ1) is 7.64. The van der Waals surface area contributed by atoms with E-state index in [4.69, 9.17) is 14.9 Å². The number of hydrogen-bond donors (Lipinski definition) is 2. The van der Waals surface area contributed by atoms with E-state index >= 15 is 0 Å². The minimum Gasteiger partial charge on any atom is -0.407 e. The quantitative estimate of drug-likeness (QED) is 0.748. The van der Waals surface area contributed by atoms with Crippen LogP contribution in [-0.4, -0.2) is 43.9 Å². The van der Waals surface area contributed by atoms with Crippen LogP contribution in [0.1, 0.15) is 27.2 Å². The van der Waals surface area contributed by atoms with Crippen molar-refractivity contribution in [1.29, 1.82) is 0 Å². The maximum Gasteiger partial charge on any atom is 0.193 e. The molecular weight excluding hydrogens is 234 g/mol. The second-order valence-electron chi connectivity index (χ2n) is 6.89. The lowest BCUT2D eigenvalue weighted by Gasteiger charge is -2.40. The minimum absolute atomic E-state index is 0.0136. The Morgan fingerprint density at radius 1 is 1.47 bits per heavy atom. The molecule has 0 aromatic carbocycles. The molecule has 0 aromatic heterocycles. The lowest BCUT2D eigenvalue weighted by Crippen LogP contribution is -2.53. The monoisotopic (exact) mass is 259 g/mol. The van der Waals surface area contributed by atoms with Crippen molar-refractivity contribution in [3.63, 3.8) is 0 Å². The van der Waals surface area contributed by atoms with E-state index < -0.39 is 8.32 Å². The molecule has 1 saturated heterocycles. The summed E-state index contributed by atoms with van der Waals surface area (Å²) >= 11 is 0. The first-order valence-electron chi connectivity index (χ1n) is 6.36. The summed E-state index contributed by atoms with van der Waals surface area (Å²) in [7, 11) is -1.83. The summed E-state index contributed by atoms with van der Waals surface area (Å²) in [6, 6.07) is -0.188. The van der Waals surface area contributed by atoms with Crippen LogP contribution in [0.2, 0.25) is 18.1 Å². The zero-order valence-electron chi connectivity index (χ0n) is 11.5. The maximum absolute atomic E-state index is 9.20. The van der Waals surface area contributed by atoms with Gasteiger partial charge in [-0.1, -0.05) is 20.8 Å². The molecule has 1 unspecified atom stereocenters. The Labute approximate surface area is 105 Å². The van der Waals surface area contributed by atoms with Crippen LogP contribution >= 0.6 is 0 Å². The van der Waals surface area contributed by atoms with E-state index in [9.17, 15) is 5.11 Å². The van der Waals surface area contributed by atoms with E-state index in [2.05, 4.69) is 33.9 Å². The van der Waals surface area contributed by atoms with Gasteiger partial charge in [0.15, 0.2) is 8.32 Å². The van der Waals surface area contributed by atoms with E-state index in [0.29, 0.717) is 0 Å². The molecule has 4 atom stereocenters. The minimum atomic E-state index is -1.83. The molecule has 1 heterocycles. The lowest BCUT2D eigenvalue weighted by atomic mass is 10.1. The fraction of sp³-hybridized carbons (Fsp3) is 1.00. The third-order valence-electron chi connectivity index (χ3n) is 4.62. The number of aliphatic hydroxyl groups excluding tert-OH is 1. The zero-order chi connectivity index (χ0) is 13.1. The van der Waals surface area contributed by atoms with Crippen LogP contribution in [-0.2, 0) is 9.16 Å². The molecule has 1 saturated carbocycles. The lowest BCUT2D eigenvalue weighted by molar-refractivity contribution is 0.0231. The molecule has 0 radical (unpaired) electrons. The van der Waals surface area contributed by atoms with Gasteiger partial charge < -0.3 is 20.0 Å². The third-order valence-corrected chi connectivity index (χ3v) is 9.13. The molecule has 0 aromatic rings. The Morgan fingerprint density at radius 3 is 2.47 bits per heavy atom. The van der Waals surface area contributed by atoms with Gasteiger partial charge in [-0.25, -0.2) is 0 Å². The largest absolute Gasteiger partial charge is 0.407 e. The van der Waals surface area contributed by atoms with Crippen LogP contribution in [0.25, 0.3) is 0 Å². The highest BCUT2D eigenvalue weighted by molar-refractivity contribution is 6.74. The smallest absolute Gasteiger partial charge is 0.193 e. The van der Waals surface area contributed by atoms with Crippen LogP contribution in [0.5, 0.6) is 0 Å². The first kappa shape index (κ1) is 13.5. The third kappa shape index (κ3) is 1.98. The number of nitrogens with two attached hydrogens (primary N) is 1. The summed E-state index contributed by atoms with van der Waals surface area (Å²) < 4.78 is 12.1. The van der Waals surface area contributed by atoms with E-state index in [1.807, 2.05) is 0 Å². The normalized spacial score (nSPS) is 41.5. The summed E-state index contributed by atoms with van der Waals surface area (Å²) in [5.74, 6) is 0. The molecule has 3 N–H and O–H groups in total. The van der Waals surface area contributed by atoms with Gasteiger partial charge in [0.1, 0.15) is 5.60 Å². The Balaban J connectivity index is 2.11. The van der Waals surface area contributed by atoms with E-state index in [1.165, 1.54) is 0 Å². The summed E-state index contributed by atoms with van der Waals surface area (Å²) in [5, 5.41) is 9.37. The molecule has 1 aliphatic heterocycles. The van der Waals surface area contributed by atoms with Gasteiger partial charge in [0.2, 0.25) is 0 Å². The molecule has 100 valence electrons. The van der Waals surface area contributed by atoms with Gasteiger partial charge in [-0.2, -0.15) is 0 Å². The second-order valence-corrected chi connectivity index (χ2v) is 11.6. The van der Waals surface area contributed by atoms with Crippen molar-refractivity contribution >= 4 is 8.32 Å². The van der Waals surface area contributed by atoms with Gasteiger partial charge in [-0.05, 0) is 18.1 Å². The van der Waals surface area contributed by atoms with Crippen LogP contribution in [0.15, 0.2) is 0 Å². The molecule has 2 fully saturated rings. The van der Waals surface area contributed by atoms with Crippen molar-refractivity contribution in [2.75, 3.05) is 6.61 Å². The Kier molecular flexibility index (Phi) is 2.99. The van der Waals surface area contributed by atoms with Crippen molar-refractivity contribution < 1.29 is 14.3 Å². The molecule has 5 heteroatoms. The fourth-order valence-electron chi connectivity index (χ4n) is 2.32. The predicted octanol–water partition coefficient (Wildman–Crippen LogP) is 1.24. The molecule has 4 nitrogen and oxygen atoms in total. The molecule has 2 aliphatic rings. The van der Waals surface area contributed by atoms with Gasteiger partial charge in [-0.3, -0.25) is 0 Å². The van der Waals surface area contributed by atoms with E-state index in [0.717, 1.165) is 6.42 Å². The summed E-state index contributed by atoms with van der Waals surface area (Å²) in [4.78, 5) is 0. The van der Waals surface area contributed by atoms with E-state index in [1.54, 1.807) is 0 Å². The average molecular weight is 259 g/mol. The fourth-order valence-corrected chi connectivity index (χ4v) is 3.92. The summed E-state index contributed by atoms with van der Waals surface area (Å²) in [5.41, 5.74) is 5.86. The maximum atomic E-state index is 9.20. The SMILES string of the molecule is CC(C)(C)[Si](C)(C)OC12C[C@@H]1O[C@H](CO)[C@H]2N. The van der Waals surface area contributed by atoms with Gasteiger partial charge >= 0.3 is 0 Å². The van der Waals surface area contributed by atoms with Crippen LogP contribution in [0.3, 0.4) is 0 Å². The number of ether oxygens (including phenoxy) is 1. The van der Waals surface area contributed by atoms with Crippen LogP contribution in [0.4, 0.5) is 0 Å². The molecule has 2 rings (SSSR count). The zero-order valence-corrected chi connectivity index (χ0v) is 12.5. The van der Waals surface area contributed by atoms with Crippen molar-refractivity contribution in [1.82, 2.24) is 0 Å². The highest BCUT2D eigenvalue weighted by atomic mass is 28.4. The number of rotatable bonds is 3. The van der Waals surface area contributed by atoms with Gasteiger partial charge in [-0.15, -0.1) is 0 Å². The molecule has 0 spiro atoms. The summed E-state index contributed by atoms with van der Waals surface area (Å²) in [6.45, 7) is 11.1.